The number of carboxylic acid groups (broad SMARTS) is 1. The molecule has 1 fully saturated rings. The molecule has 0 amide bonds. The van der Waals surface area contributed by atoms with Gasteiger partial charge in [0.25, 0.3) is 15.7 Å². The first kappa shape index (κ1) is 40.5. The maximum Gasteiger partial charge on any atom is 0.435 e. The van der Waals surface area contributed by atoms with Crippen molar-refractivity contribution in [1.29, 1.82) is 0 Å². The summed E-state index contributed by atoms with van der Waals surface area (Å²) in [6, 6.07) is 0. The van der Waals surface area contributed by atoms with Crippen molar-refractivity contribution in [3.05, 3.63) is 43.7 Å². The molecule has 0 aromatic carbocycles. The van der Waals surface area contributed by atoms with E-state index in [2.05, 4.69) is 4.52 Å². The van der Waals surface area contributed by atoms with Gasteiger partial charge in [0, 0.05) is 18.3 Å². The summed E-state index contributed by atoms with van der Waals surface area (Å²) < 4.78 is 70.0. The van der Waals surface area contributed by atoms with Gasteiger partial charge in [0.15, 0.2) is 28.5 Å². The smallest absolute Gasteiger partial charge is 0.435 e. The van der Waals surface area contributed by atoms with Crippen LogP contribution >= 0.6 is 7.60 Å². The van der Waals surface area contributed by atoms with Crippen LogP contribution in [0.25, 0.3) is 0 Å². The van der Waals surface area contributed by atoms with Crippen LogP contribution in [0.4, 0.5) is 4.79 Å². The Labute approximate surface area is 283 Å². The van der Waals surface area contributed by atoms with E-state index in [1.165, 1.54) is 13.1 Å². The molecule has 20 heteroatoms. The van der Waals surface area contributed by atoms with Gasteiger partial charge in [0.2, 0.25) is 0 Å². The number of aryl methyl sites for hydroxylation is 1. The number of hydrogen-bond acceptors (Lipinski definition) is 12. The number of nitrogens with zero attached hydrogens (tertiary/aromatic N) is 2. The van der Waals surface area contributed by atoms with Crippen molar-refractivity contribution >= 4 is 40.1 Å². The monoisotopic (exact) mass is 755 g/mol. The van der Waals surface area contributed by atoms with Gasteiger partial charge in [-0.05, 0) is 49.6 Å². The van der Waals surface area contributed by atoms with Gasteiger partial charge in [-0.15, -0.1) is 0 Å². The molecule has 0 aliphatic carbocycles. The predicted molar refractivity (Wildman–Crippen MR) is 182 cm³/mol. The minimum absolute atomic E-state index is 0.113. The lowest BCUT2D eigenvalue weighted by Gasteiger charge is -2.43. The minimum atomic E-state index is -4.93. The molecule has 1 aromatic heterocycles. The van der Waals surface area contributed by atoms with E-state index in [4.69, 9.17) is 28.6 Å². The third-order valence-corrected chi connectivity index (χ3v) is 20.8. The van der Waals surface area contributed by atoms with Gasteiger partial charge >= 0.3 is 19.0 Å². The van der Waals surface area contributed by atoms with Crippen molar-refractivity contribution in [2.75, 3.05) is 13.2 Å². The Morgan fingerprint density at radius 1 is 1.10 bits per heavy atom. The Morgan fingerprint density at radius 2 is 1.67 bits per heavy atom. The van der Waals surface area contributed by atoms with Crippen LogP contribution in [-0.2, 0) is 43.5 Å². The number of aromatic nitrogens is 2. The lowest BCUT2D eigenvalue weighted by molar-refractivity contribution is -0.0567. The van der Waals surface area contributed by atoms with Crippen LogP contribution < -0.4 is 17.0 Å². The summed E-state index contributed by atoms with van der Waals surface area (Å²) in [5.74, 6) is 0. The van der Waals surface area contributed by atoms with Gasteiger partial charge in [-0.2, -0.15) is 8.42 Å². The molecule has 3 rings (SSSR count). The van der Waals surface area contributed by atoms with Crippen LogP contribution in [0.2, 0.25) is 36.3 Å². The van der Waals surface area contributed by atoms with Gasteiger partial charge in [0.1, 0.15) is 12.2 Å². The number of nitrogens with two attached hydrogens (primary N) is 1. The van der Waals surface area contributed by atoms with Gasteiger partial charge in [-0.1, -0.05) is 41.5 Å². The van der Waals surface area contributed by atoms with Crippen LogP contribution in [0.15, 0.2) is 26.9 Å². The van der Waals surface area contributed by atoms with Gasteiger partial charge in [0.05, 0.1) is 24.3 Å². The number of hydrogen-bond donors (Lipinski definition) is 3. The molecular formula is C28H50N3O13PSSi2. The van der Waals surface area contributed by atoms with Crippen molar-refractivity contribution in [1.82, 2.24) is 9.13 Å². The summed E-state index contributed by atoms with van der Waals surface area (Å²) in [6.45, 7) is 20.4. The van der Waals surface area contributed by atoms with E-state index in [0.717, 1.165) is 14.5 Å². The average Bonchev–Trinajstić information content (AvgIpc) is 3.33. The van der Waals surface area contributed by atoms with Crippen molar-refractivity contribution in [3.8, 4) is 0 Å². The van der Waals surface area contributed by atoms with Gasteiger partial charge < -0.3 is 33.8 Å². The molecule has 1 saturated heterocycles. The summed E-state index contributed by atoms with van der Waals surface area (Å²) in [5, 5.41) is 9.03. The van der Waals surface area contributed by atoms with Crippen LogP contribution in [0.5, 0.6) is 0 Å². The van der Waals surface area contributed by atoms with Crippen molar-refractivity contribution in [2.45, 2.75) is 122 Å². The normalized spacial score (nSPS) is 26.1. The Balaban J connectivity index is 2.20. The second-order valence-corrected chi connectivity index (χ2v) is 27.9. The Hall–Kier alpha value is -1.94. The molecule has 274 valence electrons. The van der Waals surface area contributed by atoms with E-state index in [1.54, 1.807) is 0 Å². The lowest BCUT2D eigenvalue weighted by atomic mass is 9.89. The second kappa shape index (κ2) is 13.3. The molecule has 2 aliphatic heterocycles. The average molecular weight is 756 g/mol. The molecule has 2 unspecified atom stereocenters. The summed E-state index contributed by atoms with van der Waals surface area (Å²) in [4.78, 5) is 47.5. The second-order valence-electron chi connectivity index (χ2n) is 15.3. The summed E-state index contributed by atoms with van der Waals surface area (Å²) >= 11 is 0. The lowest BCUT2D eigenvalue weighted by Crippen LogP contribution is -2.59. The highest BCUT2D eigenvalue weighted by atomic mass is 32.2. The Bertz CT molecular complexity index is 1730. The van der Waals surface area contributed by atoms with E-state index in [-0.39, 0.29) is 35.9 Å². The molecule has 1 spiro atoms. The molecule has 16 nitrogen and oxygen atoms in total. The van der Waals surface area contributed by atoms with Crippen molar-refractivity contribution in [2.24, 2.45) is 5.73 Å². The SMILES string of the molecule is Cc1cn([C@@H]2O[C@H](CO[Si](C)(C)C(C)(C)C)C3(OS(=O)(=O)C=C3N)[C@H]2O[Si](C)(C)C(C)(C)C)c(=O)n(CCCOP(=O)(O)C(=O)O)c1=O. The van der Waals surface area contributed by atoms with E-state index in [1.807, 2.05) is 67.7 Å². The van der Waals surface area contributed by atoms with E-state index >= 15 is 0 Å². The number of ether oxygens (including phenoxy) is 1. The zero-order valence-corrected chi connectivity index (χ0v) is 33.1. The summed E-state index contributed by atoms with van der Waals surface area (Å²) in [7, 11) is -14.5. The van der Waals surface area contributed by atoms with Crippen LogP contribution in [0.1, 0.15) is 59.8 Å². The largest absolute Gasteiger partial charge is 0.472 e. The Kier molecular flexibility index (Phi) is 11.2. The molecule has 4 N–H and O–H groups in total. The summed E-state index contributed by atoms with van der Waals surface area (Å²) in [6.07, 6.45) is -2.72. The first-order chi connectivity index (χ1) is 21.5. The molecular weight excluding hydrogens is 706 g/mol. The molecule has 0 saturated carbocycles. The first-order valence-corrected chi connectivity index (χ1v) is 24.3. The van der Waals surface area contributed by atoms with Crippen molar-refractivity contribution in [3.63, 3.8) is 0 Å². The fourth-order valence-corrected chi connectivity index (χ4v) is 8.81. The highest BCUT2D eigenvalue weighted by Crippen LogP contribution is 2.52. The molecule has 2 aliphatic rings. The minimum Gasteiger partial charge on any atom is -0.472 e. The third-order valence-electron chi connectivity index (χ3n) is 9.74. The van der Waals surface area contributed by atoms with Crippen LogP contribution in [-0.4, -0.2) is 80.9 Å². The highest BCUT2D eigenvalue weighted by Gasteiger charge is 2.67. The topological polar surface area (TPSA) is 225 Å². The third kappa shape index (κ3) is 7.84. The summed E-state index contributed by atoms with van der Waals surface area (Å²) in [5.41, 5.74) is 0.942. The maximum atomic E-state index is 14.0. The Morgan fingerprint density at radius 3 is 2.15 bits per heavy atom. The maximum absolute atomic E-state index is 14.0. The number of rotatable bonds is 12. The van der Waals surface area contributed by atoms with E-state index in [9.17, 15) is 32.3 Å². The zero-order valence-electron chi connectivity index (χ0n) is 29.4. The molecule has 3 heterocycles. The fourth-order valence-electron chi connectivity index (χ4n) is 4.82. The number of carbonyl (C=O) groups is 1. The van der Waals surface area contributed by atoms with E-state index in [0.29, 0.717) is 0 Å². The van der Waals surface area contributed by atoms with Gasteiger partial charge in [-0.25, -0.2) is 18.3 Å². The predicted octanol–water partition coefficient (Wildman–Crippen LogP) is 3.80. The molecule has 48 heavy (non-hydrogen) atoms. The standard InChI is InChI=1S/C28H50N3O13PSSi2/c1-18-15-31(24(33)30(22(18)32)13-12-14-40-45(36,37)25(34)35)23-21(43-48(10,11)27(5,6)7)28(19(29)17-46(38,39)44-28)20(42-23)16-41-47(8,9)26(2,3)4/h15,17,20-21,23H,12-14,16,29H2,1-11H3,(H,34,35)(H,36,37)/t20-,21+,23-,28?/m1/s1. The van der Waals surface area contributed by atoms with Crippen molar-refractivity contribution < 1.29 is 50.1 Å². The molecule has 0 bridgehead atoms. The molecule has 5 atom stereocenters. The molecule has 0 radical (unpaired) electrons. The fraction of sp³-hybridized carbons (Fsp3) is 0.750. The quantitative estimate of drug-likeness (QED) is 0.119. The zero-order chi connectivity index (χ0) is 37.1. The highest BCUT2D eigenvalue weighted by molar-refractivity contribution is 7.90. The first-order valence-electron chi connectivity index (χ1n) is 15.4. The molecule has 1 aromatic rings. The van der Waals surface area contributed by atoms with Crippen LogP contribution in [0.3, 0.4) is 0 Å². The van der Waals surface area contributed by atoms with Gasteiger partial charge in [-0.3, -0.25) is 13.9 Å². The van der Waals surface area contributed by atoms with E-state index < -0.39 is 87.0 Å². The van der Waals surface area contributed by atoms with Crippen LogP contribution in [0, 0.1) is 6.92 Å².